The molecule has 0 spiro atoms. The lowest BCUT2D eigenvalue weighted by Gasteiger charge is -2.67. The van der Waals surface area contributed by atoms with Crippen LogP contribution in [0.4, 0.5) is 0 Å². The van der Waals surface area contributed by atoms with Crippen molar-refractivity contribution in [2.75, 3.05) is 19.0 Å². The van der Waals surface area contributed by atoms with Gasteiger partial charge in [0.25, 0.3) is 0 Å². The minimum atomic E-state index is -2.38. The fourth-order valence-electron chi connectivity index (χ4n) is 10.00. The maximum absolute atomic E-state index is 15.1. The summed E-state index contributed by atoms with van der Waals surface area (Å²) in [6, 6.07) is 16.4. The summed E-state index contributed by atoms with van der Waals surface area (Å²) >= 11 is 0.807. The van der Waals surface area contributed by atoms with Crippen molar-refractivity contribution in [1.29, 1.82) is 0 Å². The van der Waals surface area contributed by atoms with Crippen LogP contribution in [0.5, 0.6) is 0 Å². The summed E-state index contributed by atoms with van der Waals surface area (Å²) in [7, 11) is 0. The van der Waals surface area contributed by atoms with E-state index in [1.807, 2.05) is 0 Å². The van der Waals surface area contributed by atoms with Crippen LogP contribution in [-0.4, -0.2) is 118 Å². The number of aliphatic hydroxyl groups excluding tert-OH is 2. The van der Waals surface area contributed by atoms with Gasteiger partial charge in [0, 0.05) is 55.3 Å². The van der Waals surface area contributed by atoms with Gasteiger partial charge in [0.2, 0.25) is 6.10 Å². The van der Waals surface area contributed by atoms with Crippen molar-refractivity contribution >= 4 is 47.7 Å². The van der Waals surface area contributed by atoms with Crippen molar-refractivity contribution < 1.29 is 86.9 Å². The number of carbonyl (C=O) groups excluding carboxylic acids is 6. The molecule has 2 aromatic rings. The van der Waals surface area contributed by atoms with E-state index in [9.17, 15) is 39.3 Å². The third-order valence-corrected chi connectivity index (χ3v) is 14.1. The van der Waals surface area contributed by atoms with Crippen molar-refractivity contribution in [2.24, 2.45) is 22.6 Å². The van der Waals surface area contributed by atoms with Crippen LogP contribution in [0.2, 0.25) is 0 Å². The summed E-state index contributed by atoms with van der Waals surface area (Å²) in [6.07, 6.45) is -10.2. The fourth-order valence-corrected chi connectivity index (χ4v) is 10.4. The number of hydrogen-bond acceptors (Lipinski definition) is 20. The highest BCUT2D eigenvalue weighted by Crippen LogP contribution is 2.64. The number of ketones is 1. The molecule has 19 nitrogen and oxygen atoms in total. The van der Waals surface area contributed by atoms with Gasteiger partial charge in [-0.2, -0.15) is 5.90 Å². The average Bonchev–Trinajstić information content (AvgIpc) is 3.27. The molecule has 5 N–H and O–H groups in total. The van der Waals surface area contributed by atoms with Gasteiger partial charge in [0.05, 0.1) is 29.6 Å². The Bertz CT molecular complexity index is 2140. The predicted octanol–water partition coefficient (Wildman–Crippen LogP) is 3.07. The zero-order valence-electron chi connectivity index (χ0n) is 36.8. The first kappa shape index (κ1) is 49.7. The van der Waals surface area contributed by atoms with Gasteiger partial charge in [-0.25, -0.2) is 14.4 Å². The molecule has 354 valence electrons. The number of rotatable bonds is 17. The van der Waals surface area contributed by atoms with E-state index in [2.05, 4.69) is 20.3 Å². The van der Waals surface area contributed by atoms with Crippen molar-refractivity contribution in [3.8, 4) is 0 Å². The first-order chi connectivity index (χ1) is 30.7. The van der Waals surface area contributed by atoms with Crippen molar-refractivity contribution in [2.45, 2.75) is 121 Å². The zero-order valence-corrected chi connectivity index (χ0v) is 37.6. The summed E-state index contributed by atoms with van der Waals surface area (Å²) < 4.78 is 39.7. The Morgan fingerprint density at radius 2 is 1.63 bits per heavy atom. The standard InChI is InChI=1S/C45H55NO18S/c1-24(27-14-9-7-10-15-27)36(59-33(50)22-56-32(49)18-13-19-65-64-63-62-46)41(54)58-29-21-45(55)39(60-40(53)28-16-11-8-12-17-28)37-43(6,38(52)35(51)34(25(29)2)42(45,4)5)30(48)20-31-44(37,23-57-31)61-26(3)47/h7-12,14-17,24,29-31,35-37,39,48,51,55H,13,18-23,46H2,1-6H3/t24-,29-,30-,31+,35+,36+,37-,39?,43+,44-,45?/m0/s1. The molecule has 3 fully saturated rings. The summed E-state index contributed by atoms with van der Waals surface area (Å²) in [5.41, 5.74) is -7.12. The molecule has 0 radical (unpaired) electrons. The molecule has 20 heteroatoms. The van der Waals surface area contributed by atoms with Gasteiger partial charge >= 0.3 is 29.8 Å². The lowest BCUT2D eigenvalue weighted by molar-refractivity contribution is -0.464. The van der Waals surface area contributed by atoms with Crippen molar-refractivity contribution in [1.82, 2.24) is 0 Å². The van der Waals surface area contributed by atoms with E-state index in [4.69, 9.17) is 28.4 Å². The topological polar surface area (TPSA) is 272 Å². The van der Waals surface area contributed by atoms with Crippen LogP contribution in [0.3, 0.4) is 0 Å². The number of Topliss-reactive ketones (excluding diaryl/α,β-unsaturated/α-hetero) is 1. The second-order valence-electron chi connectivity index (χ2n) is 17.5. The highest BCUT2D eigenvalue weighted by atomic mass is 32.2. The Balaban J connectivity index is 1.38. The molecule has 1 heterocycles. The third-order valence-electron chi connectivity index (χ3n) is 13.5. The van der Waals surface area contributed by atoms with Crippen LogP contribution in [-0.2, 0) is 66.8 Å². The molecule has 2 unspecified atom stereocenters. The summed E-state index contributed by atoms with van der Waals surface area (Å²) in [4.78, 5) is 86.2. The molecule has 2 aromatic carbocycles. The van der Waals surface area contributed by atoms with Crippen molar-refractivity contribution in [3.63, 3.8) is 0 Å². The Morgan fingerprint density at radius 1 is 0.969 bits per heavy atom. The lowest BCUT2D eigenvalue weighted by atomic mass is 9.44. The number of carbonyl (C=O) groups is 6. The number of benzene rings is 2. The van der Waals surface area contributed by atoms with Crippen LogP contribution >= 0.6 is 12.0 Å². The number of nitrogens with two attached hydrogens (primary N) is 1. The molecule has 1 saturated heterocycles. The van der Waals surface area contributed by atoms with Gasteiger partial charge in [-0.05, 0) is 54.1 Å². The summed E-state index contributed by atoms with van der Waals surface area (Å²) in [5, 5.41) is 41.8. The number of esters is 5. The zero-order chi connectivity index (χ0) is 47.5. The second kappa shape index (κ2) is 20.0. The molecule has 0 amide bonds. The van der Waals surface area contributed by atoms with Gasteiger partial charge in [-0.15, -0.1) is 9.32 Å². The molecule has 2 saturated carbocycles. The molecule has 2 bridgehead atoms. The minimum absolute atomic E-state index is 0.0665. The lowest BCUT2D eigenvalue weighted by Crippen LogP contribution is -2.81. The number of ether oxygens (including phenoxy) is 6. The Hall–Kier alpha value is -4.77. The Morgan fingerprint density at radius 3 is 2.25 bits per heavy atom. The van der Waals surface area contributed by atoms with Gasteiger partial charge in [0.1, 0.15) is 30.0 Å². The van der Waals surface area contributed by atoms with Gasteiger partial charge in [-0.1, -0.05) is 69.3 Å². The number of aliphatic hydroxyl groups is 3. The Labute approximate surface area is 379 Å². The summed E-state index contributed by atoms with van der Waals surface area (Å²) in [6.45, 7) is 7.56. The maximum atomic E-state index is 15.1. The smallest absolute Gasteiger partial charge is 0.348 e. The first-order valence-electron chi connectivity index (χ1n) is 21.1. The Kier molecular flexibility index (Phi) is 15.3. The quantitative estimate of drug-likeness (QED) is 0.0338. The monoisotopic (exact) mass is 929 g/mol. The molecule has 65 heavy (non-hydrogen) atoms. The fraction of sp³-hybridized carbons (Fsp3) is 0.556. The third kappa shape index (κ3) is 9.46. The van der Waals surface area contributed by atoms with E-state index in [1.54, 1.807) is 69.3 Å². The first-order valence-corrected chi connectivity index (χ1v) is 22.0. The average molecular weight is 930 g/mol. The highest BCUT2D eigenvalue weighted by molar-refractivity contribution is 7.94. The van der Waals surface area contributed by atoms with Crippen LogP contribution < -0.4 is 5.90 Å². The van der Waals surface area contributed by atoms with Crippen LogP contribution in [0.25, 0.3) is 0 Å². The van der Waals surface area contributed by atoms with Gasteiger partial charge < -0.3 is 43.7 Å². The van der Waals surface area contributed by atoms with Gasteiger partial charge in [-0.3, -0.25) is 14.4 Å². The predicted molar refractivity (Wildman–Crippen MR) is 224 cm³/mol. The molecule has 3 aliphatic carbocycles. The minimum Gasteiger partial charge on any atom is -0.455 e. The van der Waals surface area contributed by atoms with Crippen molar-refractivity contribution in [3.05, 3.63) is 82.9 Å². The second-order valence-corrected chi connectivity index (χ2v) is 18.3. The van der Waals surface area contributed by atoms with E-state index >= 15 is 4.79 Å². The van der Waals surface area contributed by atoms with E-state index < -0.39 is 119 Å². The van der Waals surface area contributed by atoms with E-state index in [0.29, 0.717) is 5.56 Å². The maximum Gasteiger partial charge on any atom is 0.348 e. The van der Waals surface area contributed by atoms with E-state index in [-0.39, 0.29) is 48.3 Å². The molecular weight excluding hydrogens is 875 g/mol. The number of fused-ring (bicyclic) bond motifs is 5. The van der Waals surface area contributed by atoms with Crippen LogP contribution in [0, 0.1) is 16.7 Å². The number of hydrogen-bond donors (Lipinski definition) is 4. The molecule has 11 atom stereocenters. The molecule has 6 rings (SSSR count). The normalized spacial score (nSPS) is 31.0. The largest absolute Gasteiger partial charge is 0.455 e. The van der Waals surface area contributed by atoms with Crippen LogP contribution in [0.15, 0.2) is 71.8 Å². The SMILES string of the molecule is CC(=O)O[C@@]12CO[C@@H]1C[C@H](O)[C@@]1(C)C(=O)[C@H](O)C3=C(C)[C@@H](OC(=O)[C@H](OC(=O)COC(=O)CCCSOOON)[C@@H](C)c4ccccc4)CC(O)(C(OC(=O)c4ccccc4)[C@H]21)C3(C)C. The molecular formula is C45H55NO18S. The molecule has 1 aliphatic heterocycles. The molecule has 0 aromatic heterocycles. The van der Waals surface area contributed by atoms with E-state index in [0.717, 1.165) is 19.0 Å². The summed E-state index contributed by atoms with van der Waals surface area (Å²) in [5.74, 6) is -3.03. The van der Waals surface area contributed by atoms with Gasteiger partial charge in [0.15, 0.2) is 18.0 Å². The highest BCUT2D eigenvalue weighted by Gasteiger charge is 2.78. The van der Waals surface area contributed by atoms with Crippen LogP contribution in [0.1, 0.15) is 89.1 Å². The molecule has 4 aliphatic rings. The van der Waals surface area contributed by atoms with E-state index in [1.165, 1.54) is 26.0 Å².